The summed E-state index contributed by atoms with van der Waals surface area (Å²) in [4.78, 5) is 3.78. The van der Waals surface area contributed by atoms with E-state index in [2.05, 4.69) is 4.98 Å². The Kier molecular flexibility index (Phi) is 10.9. The molecule has 0 saturated carbocycles. The standard InChI is InChI=1S/C5H5N.2Ag/c1-2-4-6-5-3-1;;/h1-5H;;. The fourth-order valence-corrected chi connectivity index (χ4v) is 0.313. The van der Waals surface area contributed by atoms with Crippen LogP contribution in [0, 0.1) is 0 Å². The molecule has 1 aromatic rings. The van der Waals surface area contributed by atoms with Gasteiger partial charge in [0.05, 0.1) is 0 Å². The normalized spacial score (nSPS) is 6.00. The molecule has 0 bridgehead atoms. The average molecular weight is 295 g/mol. The van der Waals surface area contributed by atoms with Gasteiger partial charge in [-0.25, -0.2) is 0 Å². The molecule has 2 radical (unpaired) electrons. The zero-order chi connectivity index (χ0) is 4.24. The van der Waals surface area contributed by atoms with Crippen LogP contribution in [0.3, 0.4) is 0 Å². The van der Waals surface area contributed by atoms with E-state index in [1.165, 1.54) is 0 Å². The van der Waals surface area contributed by atoms with E-state index in [4.69, 9.17) is 0 Å². The molecule has 0 spiro atoms. The topological polar surface area (TPSA) is 12.9 Å². The molecule has 0 amide bonds. The number of pyridine rings is 1. The van der Waals surface area contributed by atoms with Gasteiger partial charge in [0.15, 0.2) is 0 Å². The van der Waals surface area contributed by atoms with E-state index in [0.29, 0.717) is 0 Å². The number of hydrogen-bond donors (Lipinski definition) is 0. The van der Waals surface area contributed by atoms with Crippen molar-refractivity contribution in [3.8, 4) is 0 Å². The first-order valence-corrected chi connectivity index (χ1v) is 1.85. The fraction of sp³-hybridized carbons (Fsp3) is 0. The van der Waals surface area contributed by atoms with Crippen LogP contribution in [-0.2, 0) is 44.8 Å². The van der Waals surface area contributed by atoms with Gasteiger partial charge in [-0.15, -0.1) is 0 Å². The molecule has 0 N–H and O–H groups in total. The summed E-state index contributed by atoms with van der Waals surface area (Å²) < 4.78 is 0. The van der Waals surface area contributed by atoms with E-state index in [-0.39, 0.29) is 44.8 Å². The maximum Gasteiger partial charge on any atom is 0.0267 e. The predicted octanol–water partition coefficient (Wildman–Crippen LogP) is 1.08. The molecule has 8 heavy (non-hydrogen) atoms. The first-order chi connectivity index (χ1) is 3.00. The summed E-state index contributed by atoms with van der Waals surface area (Å²) >= 11 is 0. The van der Waals surface area contributed by atoms with Gasteiger partial charge in [-0.2, -0.15) is 0 Å². The maximum absolute atomic E-state index is 3.78. The molecule has 0 aliphatic carbocycles. The van der Waals surface area contributed by atoms with Gasteiger partial charge in [0.2, 0.25) is 0 Å². The van der Waals surface area contributed by atoms with E-state index >= 15 is 0 Å². The van der Waals surface area contributed by atoms with Gasteiger partial charge < -0.3 is 0 Å². The smallest absolute Gasteiger partial charge is 0.0267 e. The monoisotopic (exact) mass is 293 g/mol. The summed E-state index contributed by atoms with van der Waals surface area (Å²) in [5.41, 5.74) is 0. The van der Waals surface area contributed by atoms with Crippen LogP contribution in [0.25, 0.3) is 0 Å². The average Bonchev–Trinajstić information content (AvgIpc) is 1.72. The summed E-state index contributed by atoms with van der Waals surface area (Å²) in [6.45, 7) is 0. The van der Waals surface area contributed by atoms with Crippen LogP contribution in [0.2, 0.25) is 0 Å². The quantitative estimate of drug-likeness (QED) is 0.653. The minimum Gasteiger partial charge on any atom is -0.265 e. The Labute approximate surface area is 79.9 Å². The minimum atomic E-state index is 0. The van der Waals surface area contributed by atoms with Crippen LogP contribution in [0.1, 0.15) is 0 Å². The van der Waals surface area contributed by atoms with Gasteiger partial charge in [0.25, 0.3) is 0 Å². The second kappa shape index (κ2) is 7.63. The first kappa shape index (κ1) is 11.4. The molecule has 52 valence electrons. The zero-order valence-corrected chi connectivity index (χ0v) is 6.90. The molecule has 0 aromatic carbocycles. The van der Waals surface area contributed by atoms with Crippen LogP contribution in [-0.4, -0.2) is 4.98 Å². The molecular formula is C5H5Ag2N. The Bertz CT molecular complexity index is 82.4. The van der Waals surface area contributed by atoms with Gasteiger partial charge in [-0.1, -0.05) is 6.07 Å². The fourth-order valence-electron chi connectivity index (χ4n) is 0.313. The molecule has 1 aromatic heterocycles. The van der Waals surface area contributed by atoms with Gasteiger partial charge in [0, 0.05) is 57.2 Å². The molecule has 1 nitrogen and oxygen atoms in total. The van der Waals surface area contributed by atoms with Crippen molar-refractivity contribution in [2.24, 2.45) is 0 Å². The van der Waals surface area contributed by atoms with Gasteiger partial charge in [0.1, 0.15) is 0 Å². The molecule has 0 fully saturated rings. The maximum atomic E-state index is 3.78. The second-order valence-electron chi connectivity index (χ2n) is 1.02. The molecule has 1 heterocycles. The van der Waals surface area contributed by atoms with Gasteiger partial charge in [-0.3, -0.25) is 4.98 Å². The van der Waals surface area contributed by atoms with Crippen molar-refractivity contribution >= 4 is 0 Å². The number of hydrogen-bond acceptors (Lipinski definition) is 1. The van der Waals surface area contributed by atoms with Crippen molar-refractivity contribution in [3.05, 3.63) is 30.6 Å². The van der Waals surface area contributed by atoms with E-state index in [1.54, 1.807) is 12.4 Å². The summed E-state index contributed by atoms with van der Waals surface area (Å²) in [5.74, 6) is 0. The van der Waals surface area contributed by atoms with Crippen molar-refractivity contribution in [3.63, 3.8) is 0 Å². The van der Waals surface area contributed by atoms with Crippen LogP contribution < -0.4 is 0 Å². The Hall–Kier alpha value is 0.631. The van der Waals surface area contributed by atoms with Crippen LogP contribution in [0.5, 0.6) is 0 Å². The van der Waals surface area contributed by atoms with Crippen molar-refractivity contribution < 1.29 is 44.8 Å². The van der Waals surface area contributed by atoms with Crippen LogP contribution in [0.15, 0.2) is 30.6 Å². The number of nitrogens with zero attached hydrogens (tertiary/aromatic N) is 1. The molecule has 0 atom stereocenters. The van der Waals surface area contributed by atoms with Crippen molar-refractivity contribution in [1.29, 1.82) is 0 Å². The summed E-state index contributed by atoms with van der Waals surface area (Å²) in [5, 5.41) is 0. The number of aromatic nitrogens is 1. The van der Waals surface area contributed by atoms with Crippen molar-refractivity contribution in [1.82, 2.24) is 4.98 Å². The zero-order valence-electron chi connectivity index (χ0n) is 3.94. The third kappa shape index (κ3) is 4.78. The van der Waals surface area contributed by atoms with E-state index in [1.807, 2.05) is 18.2 Å². The summed E-state index contributed by atoms with van der Waals surface area (Å²) in [6.07, 6.45) is 3.50. The van der Waals surface area contributed by atoms with E-state index in [0.717, 1.165) is 0 Å². The molecule has 3 heteroatoms. The third-order valence-electron chi connectivity index (χ3n) is 0.566. The minimum absolute atomic E-state index is 0. The summed E-state index contributed by atoms with van der Waals surface area (Å²) in [7, 11) is 0. The molecule has 0 aliphatic heterocycles. The molecule has 0 unspecified atom stereocenters. The van der Waals surface area contributed by atoms with E-state index in [9.17, 15) is 0 Å². The van der Waals surface area contributed by atoms with E-state index < -0.39 is 0 Å². The van der Waals surface area contributed by atoms with Gasteiger partial charge >= 0.3 is 0 Å². The molecule has 1 rings (SSSR count). The Morgan fingerprint density at radius 2 is 1.25 bits per heavy atom. The Balaban J connectivity index is 0. The molecule has 0 saturated heterocycles. The molecule has 0 aliphatic rings. The molecular weight excluding hydrogens is 290 g/mol. The van der Waals surface area contributed by atoms with Crippen LogP contribution >= 0.6 is 0 Å². The van der Waals surface area contributed by atoms with Gasteiger partial charge in [-0.05, 0) is 12.1 Å². The Morgan fingerprint density at radius 1 is 0.750 bits per heavy atom. The largest absolute Gasteiger partial charge is 0.265 e. The Morgan fingerprint density at radius 3 is 1.38 bits per heavy atom. The van der Waals surface area contributed by atoms with Crippen LogP contribution in [0.4, 0.5) is 0 Å². The summed E-state index contributed by atoms with van der Waals surface area (Å²) in [6, 6.07) is 5.72. The predicted molar refractivity (Wildman–Crippen MR) is 24.2 cm³/mol. The van der Waals surface area contributed by atoms with Crippen molar-refractivity contribution in [2.75, 3.05) is 0 Å². The first-order valence-electron chi connectivity index (χ1n) is 1.85. The van der Waals surface area contributed by atoms with Crippen molar-refractivity contribution in [2.45, 2.75) is 0 Å². The SMILES string of the molecule is [Ag].[Ag].c1ccncc1. The number of rotatable bonds is 0. The third-order valence-corrected chi connectivity index (χ3v) is 0.566. The second-order valence-corrected chi connectivity index (χ2v) is 1.02.